The van der Waals surface area contributed by atoms with Crippen LogP contribution in [-0.2, 0) is 16.0 Å². The molecule has 0 atom stereocenters. The SMILES string of the molecule is CCN(CC(=O)NC(C)C)C(=O)CCCc1nc(-c2ccc(F)cc2)no1. The molecule has 1 aromatic heterocycles. The predicted molar refractivity (Wildman–Crippen MR) is 98.2 cm³/mol. The van der Waals surface area contributed by atoms with Gasteiger partial charge >= 0.3 is 0 Å². The van der Waals surface area contributed by atoms with Gasteiger partial charge in [0.15, 0.2) is 0 Å². The first-order valence-electron chi connectivity index (χ1n) is 9.04. The number of likely N-dealkylation sites (N-methyl/N-ethyl adjacent to an activating group) is 1. The standard InChI is InChI=1S/C19H25FN4O3/c1-4-24(12-16(25)21-13(2)3)18(26)7-5-6-17-22-19(23-27-17)14-8-10-15(20)11-9-14/h8-11,13H,4-7,12H2,1-3H3,(H,21,25). The molecule has 146 valence electrons. The average molecular weight is 376 g/mol. The highest BCUT2D eigenvalue weighted by Crippen LogP contribution is 2.17. The lowest BCUT2D eigenvalue weighted by Crippen LogP contribution is -2.42. The molecule has 2 rings (SSSR count). The van der Waals surface area contributed by atoms with E-state index in [1.54, 1.807) is 12.1 Å². The van der Waals surface area contributed by atoms with Crippen molar-refractivity contribution in [2.24, 2.45) is 0 Å². The summed E-state index contributed by atoms with van der Waals surface area (Å²) in [6, 6.07) is 5.86. The zero-order valence-corrected chi connectivity index (χ0v) is 15.9. The topological polar surface area (TPSA) is 88.3 Å². The minimum Gasteiger partial charge on any atom is -0.352 e. The van der Waals surface area contributed by atoms with Crippen LogP contribution in [0.4, 0.5) is 4.39 Å². The second-order valence-corrected chi connectivity index (χ2v) is 6.50. The van der Waals surface area contributed by atoms with E-state index in [0.29, 0.717) is 36.7 Å². The maximum atomic E-state index is 13.0. The van der Waals surface area contributed by atoms with E-state index in [2.05, 4.69) is 15.5 Å². The molecule has 0 aliphatic rings. The van der Waals surface area contributed by atoms with Crippen LogP contribution in [0.5, 0.6) is 0 Å². The largest absolute Gasteiger partial charge is 0.352 e. The summed E-state index contributed by atoms with van der Waals surface area (Å²) in [5.74, 6) is 0.221. The molecule has 0 aliphatic heterocycles. The molecular weight excluding hydrogens is 351 g/mol. The number of carbonyl (C=O) groups excluding carboxylic acids is 2. The molecule has 0 unspecified atom stereocenters. The highest BCUT2D eigenvalue weighted by atomic mass is 19.1. The molecule has 0 saturated heterocycles. The maximum Gasteiger partial charge on any atom is 0.239 e. The number of nitrogens with one attached hydrogen (secondary N) is 1. The van der Waals surface area contributed by atoms with Crippen molar-refractivity contribution in [3.63, 3.8) is 0 Å². The van der Waals surface area contributed by atoms with Gasteiger partial charge in [0.25, 0.3) is 0 Å². The summed E-state index contributed by atoms with van der Waals surface area (Å²) in [7, 11) is 0. The summed E-state index contributed by atoms with van der Waals surface area (Å²) >= 11 is 0. The van der Waals surface area contributed by atoms with Crippen LogP contribution >= 0.6 is 0 Å². The molecule has 1 heterocycles. The second-order valence-electron chi connectivity index (χ2n) is 6.50. The average Bonchev–Trinajstić information content (AvgIpc) is 3.08. The molecule has 0 fully saturated rings. The Labute approximate surface area is 157 Å². The van der Waals surface area contributed by atoms with E-state index in [4.69, 9.17) is 4.52 Å². The van der Waals surface area contributed by atoms with Crippen LogP contribution in [0.15, 0.2) is 28.8 Å². The fourth-order valence-electron chi connectivity index (χ4n) is 2.54. The Hall–Kier alpha value is -2.77. The molecule has 2 amide bonds. The molecule has 1 N–H and O–H groups in total. The van der Waals surface area contributed by atoms with Crippen molar-refractivity contribution < 1.29 is 18.5 Å². The molecule has 0 radical (unpaired) electrons. The minimum absolute atomic E-state index is 0.0409. The van der Waals surface area contributed by atoms with Gasteiger partial charge in [0.05, 0.1) is 6.54 Å². The third-order valence-corrected chi connectivity index (χ3v) is 3.87. The van der Waals surface area contributed by atoms with Crippen molar-refractivity contribution in [2.45, 2.75) is 46.1 Å². The van der Waals surface area contributed by atoms with Crippen LogP contribution in [-0.4, -0.2) is 46.0 Å². The van der Waals surface area contributed by atoms with Crippen LogP contribution in [0.2, 0.25) is 0 Å². The van der Waals surface area contributed by atoms with Crippen molar-refractivity contribution in [3.8, 4) is 11.4 Å². The minimum atomic E-state index is -0.330. The normalized spacial score (nSPS) is 10.9. The van der Waals surface area contributed by atoms with E-state index in [0.717, 1.165) is 0 Å². The summed E-state index contributed by atoms with van der Waals surface area (Å²) in [4.78, 5) is 29.9. The van der Waals surface area contributed by atoms with E-state index < -0.39 is 0 Å². The quantitative estimate of drug-likeness (QED) is 0.727. The van der Waals surface area contributed by atoms with Crippen LogP contribution < -0.4 is 5.32 Å². The lowest BCUT2D eigenvalue weighted by atomic mass is 10.2. The van der Waals surface area contributed by atoms with E-state index >= 15 is 0 Å². The summed E-state index contributed by atoms with van der Waals surface area (Å²) in [5, 5.41) is 6.65. The predicted octanol–water partition coefficient (Wildman–Crippen LogP) is 2.57. The van der Waals surface area contributed by atoms with Gasteiger partial charge in [0.2, 0.25) is 23.5 Å². The van der Waals surface area contributed by atoms with Gasteiger partial charge in [-0.2, -0.15) is 4.98 Å². The Morgan fingerprint density at radius 1 is 1.26 bits per heavy atom. The fraction of sp³-hybridized carbons (Fsp3) is 0.474. The van der Waals surface area contributed by atoms with Crippen molar-refractivity contribution in [2.75, 3.05) is 13.1 Å². The van der Waals surface area contributed by atoms with Gasteiger partial charge in [-0.3, -0.25) is 9.59 Å². The summed E-state index contributed by atoms with van der Waals surface area (Å²) in [6.07, 6.45) is 1.28. The first-order chi connectivity index (χ1) is 12.9. The van der Waals surface area contributed by atoms with Crippen molar-refractivity contribution in [3.05, 3.63) is 36.0 Å². The van der Waals surface area contributed by atoms with Gasteiger partial charge in [-0.15, -0.1) is 0 Å². The van der Waals surface area contributed by atoms with Crippen molar-refractivity contribution >= 4 is 11.8 Å². The molecule has 7 nitrogen and oxygen atoms in total. The fourth-order valence-corrected chi connectivity index (χ4v) is 2.54. The van der Waals surface area contributed by atoms with E-state index in [9.17, 15) is 14.0 Å². The molecular formula is C19H25FN4O3. The first-order valence-corrected chi connectivity index (χ1v) is 9.04. The number of hydrogen-bond acceptors (Lipinski definition) is 5. The monoisotopic (exact) mass is 376 g/mol. The molecule has 27 heavy (non-hydrogen) atoms. The Kier molecular flexibility index (Phi) is 7.45. The highest BCUT2D eigenvalue weighted by Gasteiger charge is 2.16. The van der Waals surface area contributed by atoms with Crippen molar-refractivity contribution in [1.82, 2.24) is 20.4 Å². The number of amides is 2. The van der Waals surface area contributed by atoms with E-state index in [1.165, 1.54) is 17.0 Å². The molecule has 0 bridgehead atoms. The lowest BCUT2D eigenvalue weighted by molar-refractivity contribution is -0.136. The molecule has 0 saturated carbocycles. The third-order valence-electron chi connectivity index (χ3n) is 3.87. The van der Waals surface area contributed by atoms with Crippen LogP contribution in [0.3, 0.4) is 0 Å². The zero-order chi connectivity index (χ0) is 19.8. The molecule has 8 heteroatoms. The molecule has 2 aromatic rings. The number of benzene rings is 1. The number of carbonyl (C=O) groups is 2. The molecule has 0 spiro atoms. The number of aromatic nitrogens is 2. The van der Waals surface area contributed by atoms with Gasteiger partial charge in [-0.25, -0.2) is 4.39 Å². The maximum absolute atomic E-state index is 13.0. The van der Waals surface area contributed by atoms with Gasteiger partial charge in [-0.05, 0) is 51.5 Å². The Morgan fingerprint density at radius 3 is 2.59 bits per heavy atom. The van der Waals surface area contributed by atoms with Crippen LogP contribution in [0, 0.1) is 5.82 Å². The molecule has 0 aliphatic carbocycles. The molecule has 1 aromatic carbocycles. The third kappa shape index (κ3) is 6.47. The van der Waals surface area contributed by atoms with Crippen LogP contribution in [0.25, 0.3) is 11.4 Å². The Morgan fingerprint density at radius 2 is 1.96 bits per heavy atom. The van der Waals surface area contributed by atoms with Gasteiger partial charge in [0, 0.05) is 31.0 Å². The summed E-state index contributed by atoms with van der Waals surface area (Å²) < 4.78 is 18.1. The second kappa shape index (κ2) is 9.80. The number of hydrogen-bond donors (Lipinski definition) is 1. The number of nitrogens with zero attached hydrogens (tertiary/aromatic N) is 3. The number of halogens is 1. The smallest absolute Gasteiger partial charge is 0.239 e. The van der Waals surface area contributed by atoms with E-state index in [1.807, 2.05) is 20.8 Å². The number of rotatable bonds is 9. The van der Waals surface area contributed by atoms with Crippen molar-refractivity contribution in [1.29, 1.82) is 0 Å². The van der Waals surface area contributed by atoms with E-state index in [-0.39, 0.29) is 36.6 Å². The van der Waals surface area contributed by atoms with Gasteiger partial charge in [-0.1, -0.05) is 5.16 Å². The highest BCUT2D eigenvalue weighted by molar-refractivity contribution is 5.84. The lowest BCUT2D eigenvalue weighted by Gasteiger charge is -2.21. The zero-order valence-electron chi connectivity index (χ0n) is 15.9. The van der Waals surface area contributed by atoms with Gasteiger partial charge in [0.1, 0.15) is 5.82 Å². The Balaban J connectivity index is 1.82. The first kappa shape index (κ1) is 20.5. The van der Waals surface area contributed by atoms with Crippen LogP contribution in [0.1, 0.15) is 39.5 Å². The van der Waals surface area contributed by atoms with Gasteiger partial charge < -0.3 is 14.7 Å². The Bertz CT molecular complexity index is 759. The summed E-state index contributed by atoms with van der Waals surface area (Å²) in [5.41, 5.74) is 0.663. The number of aryl methyl sites for hydroxylation is 1. The summed E-state index contributed by atoms with van der Waals surface area (Å²) in [6.45, 7) is 6.12.